The van der Waals surface area contributed by atoms with Gasteiger partial charge < -0.3 is 9.97 Å². The SMILES string of the molecule is [Ir].[c-]1cc2c(cc1-c1cc3c(cn1)C1CCC3CC1)C1CCC2CC1.[c-]1ccc(-c2nc(-c3ccccc3)nc(-c3ccccc3)n2)cc1-c1ccccn1. The molecular formula is C49H41IrN5-2. The van der Waals surface area contributed by atoms with Gasteiger partial charge in [-0.25, -0.2) is 15.0 Å². The summed E-state index contributed by atoms with van der Waals surface area (Å²) in [7, 11) is 0. The minimum atomic E-state index is 0. The monoisotopic (exact) mass is 892 g/mol. The molecule has 4 bridgehead atoms. The van der Waals surface area contributed by atoms with Crippen LogP contribution in [-0.2, 0) is 20.1 Å². The minimum Gasteiger partial charge on any atom is -0.305 e. The predicted octanol–water partition coefficient (Wildman–Crippen LogP) is 11.8. The van der Waals surface area contributed by atoms with E-state index < -0.39 is 0 Å². The Hall–Kier alpha value is -5.16. The van der Waals surface area contributed by atoms with Crippen molar-refractivity contribution >= 4 is 0 Å². The summed E-state index contributed by atoms with van der Waals surface area (Å²) in [5.41, 5.74) is 13.3. The van der Waals surface area contributed by atoms with Crippen molar-refractivity contribution in [2.45, 2.75) is 75.0 Å². The predicted molar refractivity (Wildman–Crippen MR) is 215 cm³/mol. The molecule has 0 spiro atoms. The van der Waals surface area contributed by atoms with Gasteiger partial charge >= 0.3 is 0 Å². The van der Waals surface area contributed by atoms with Gasteiger partial charge in [0.25, 0.3) is 0 Å². The molecule has 55 heavy (non-hydrogen) atoms. The van der Waals surface area contributed by atoms with Crippen molar-refractivity contribution in [2.24, 2.45) is 0 Å². The van der Waals surface area contributed by atoms with Crippen LogP contribution in [0.25, 0.3) is 56.7 Å². The minimum absolute atomic E-state index is 0. The Morgan fingerprint density at radius 2 is 0.964 bits per heavy atom. The first-order valence-electron chi connectivity index (χ1n) is 19.6. The summed E-state index contributed by atoms with van der Waals surface area (Å²) in [5.74, 6) is 5.09. The molecule has 3 heterocycles. The van der Waals surface area contributed by atoms with Crippen LogP contribution in [0.2, 0.25) is 0 Å². The van der Waals surface area contributed by atoms with E-state index in [0.29, 0.717) is 17.5 Å². The van der Waals surface area contributed by atoms with Gasteiger partial charge in [-0.1, -0.05) is 103 Å². The van der Waals surface area contributed by atoms with Gasteiger partial charge in [0.15, 0.2) is 11.6 Å². The van der Waals surface area contributed by atoms with E-state index in [2.05, 4.69) is 41.5 Å². The van der Waals surface area contributed by atoms with Crippen LogP contribution in [0.1, 0.15) is 97.3 Å². The van der Waals surface area contributed by atoms with E-state index in [4.69, 9.17) is 19.9 Å². The second-order valence-electron chi connectivity index (χ2n) is 15.3. The molecule has 273 valence electrons. The Morgan fingerprint density at radius 3 is 1.56 bits per heavy atom. The Labute approximate surface area is 337 Å². The van der Waals surface area contributed by atoms with Gasteiger partial charge in [0.2, 0.25) is 0 Å². The molecule has 0 unspecified atom stereocenters. The molecule has 6 heteroatoms. The van der Waals surface area contributed by atoms with Crippen molar-refractivity contribution in [1.29, 1.82) is 0 Å². The van der Waals surface area contributed by atoms with Crippen LogP contribution in [0.4, 0.5) is 0 Å². The van der Waals surface area contributed by atoms with Crippen LogP contribution in [0.5, 0.6) is 0 Å². The van der Waals surface area contributed by atoms with Crippen molar-refractivity contribution in [1.82, 2.24) is 24.9 Å². The largest absolute Gasteiger partial charge is 0.305 e. The van der Waals surface area contributed by atoms with E-state index in [-0.39, 0.29) is 20.1 Å². The topological polar surface area (TPSA) is 64.5 Å². The maximum absolute atomic E-state index is 4.86. The van der Waals surface area contributed by atoms with E-state index in [1.807, 2.05) is 97.1 Å². The molecule has 4 aromatic carbocycles. The van der Waals surface area contributed by atoms with Gasteiger partial charge in [-0.2, -0.15) is 0 Å². The molecule has 0 saturated heterocycles. The van der Waals surface area contributed by atoms with Crippen LogP contribution in [0.3, 0.4) is 0 Å². The zero-order valence-corrected chi connectivity index (χ0v) is 33.1. The molecule has 13 rings (SSSR count). The zero-order valence-electron chi connectivity index (χ0n) is 30.7. The van der Waals surface area contributed by atoms with Crippen molar-refractivity contribution in [2.75, 3.05) is 0 Å². The van der Waals surface area contributed by atoms with Gasteiger partial charge in [0.1, 0.15) is 5.82 Å². The molecule has 7 aromatic rings. The standard InChI is InChI=1S/C26H17N4.C23H24N.Ir/c1-3-10-19(11-4-1)24-28-25(20-12-5-2-6-13-20)30-26(29-24)22-15-9-14-21(18-22)23-16-7-8-17-27-23;1-3-15-4-2-14(1)19-10-9-18(11-20(15)19)23-12-21-16-5-7-17(8-6-16)22(21)13-24-23;/h1-13,15-18H;10-17H,1-8H2;/q2*-1;. The summed E-state index contributed by atoms with van der Waals surface area (Å²) in [6.07, 6.45) is 15.1. The van der Waals surface area contributed by atoms with Gasteiger partial charge in [0.05, 0.1) is 0 Å². The molecular weight excluding hydrogens is 851 g/mol. The Balaban J connectivity index is 0.000000145. The third-order valence-corrected chi connectivity index (χ3v) is 12.2. The van der Waals surface area contributed by atoms with Crippen molar-refractivity contribution in [3.8, 4) is 56.7 Å². The molecule has 1 radical (unpaired) electrons. The van der Waals surface area contributed by atoms with Gasteiger partial charge in [0, 0.05) is 43.6 Å². The van der Waals surface area contributed by atoms with Gasteiger partial charge in [-0.05, 0) is 84.9 Å². The third-order valence-electron chi connectivity index (χ3n) is 12.2. The Kier molecular flexibility index (Phi) is 10.0. The zero-order chi connectivity index (χ0) is 35.8. The summed E-state index contributed by atoms with van der Waals surface area (Å²) in [5, 5.41) is 0. The van der Waals surface area contributed by atoms with Crippen molar-refractivity contribution in [3.05, 3.63) is 162 Å². The number of nitrogens with zero attached hydrogens (tertiary/aromatic N) is 5. The first-order chi connectivity index (χ1) is 26.7. The molecule has 0 N–H and O–H groups in total. The second-order valence-corrected chi connectivity index (χ2v) is 15.3. The Bertz CT molecular complexity index is 2290. The fourth-order valence-corrected chi connectivity index (χ4v) is 9.34. The van der Waals surface area contributed by atoms with E-state index in [1.54, 1.807) is 28.5 Å². The summed E-state index contributed by atoms with van der Waals surface area (Å²) in [4.78, 5) is 23.6. The summed E-state index contributed by atoms with van der Waals surface area (Å²) < 4.78 is 0. The van der Waals surface area contributed by atoms with E-state index in [0.717, 1.165) is 57.3 Å². The van der Waals surface area contributed by atoms with Crippen molar-refractivity contribution in [3.63, 3.8) is 0 Å². The van der Waals surface area contributed by atoms with Crippen LogP contribution in [-0.4, -0.2) is 24.9 Å². The number of hydrogen-bond donors (Lipinski definition) is 0. The summed E-state index contributed by atoms with van der Waals surface area (Å²) in [6.45, 7) is 0. The molecule has 5 nitrogen and oxygen atoms in total. The molecule has 2 fully saturated rings. The average molecular weight is 892 g/mol. The smallest absolute Gasteiger partial charge is 0.164 e. The number of fused-ring (bicyclic) bond motifs is 4. The van der Waals surface area contributed by atoms with E-state index >= 15 is 0 Å². The second kappa shape index (κ2) is 15.5. The quantitative estimate of drug-likeness (QED) is 0.161. The first-order valence-corrected chi connectivity index (χ1v) is 19.6. The molecule has 0 amide bonds. The van der Waals surface area contributed by atoms with Gasteiger partial charge in [-0.3, -0.25) is 0 Å². The molecule has 6 aliphatic rings. The van der Waals surface area contributed by atoms with E-state index in [1.165, 1.54) is 56.9 Å². The molecule has 0 aliphatic heterocycles. The van der Waals surface area contributed by atoms with Crippen LogP contribution in [0, 0.1) is 12.1 Å². The maximum atomic E-state index is 4.86. The normalized spacial score (nSPS) is 20.0. The van der Waals surface area contributed by atoms with Crippen LogP contribution >= 0.6 is 0 Å². The Morgan fingerprint density at radius 1 is 0.436 bits per heavy atom. The number of benzene rings is 4. The number of aromatic nitrogens is 5. The number of pyridine rings is 2. The molecule has 6 aliphatic carbocycles. The number of rotatable bonds is 5. The third kappa shape index (κ3) is 7.10. The number of hydrogen-bond acceptors (Lipinski definition) is 5. The fourth-order valence-electron chi connectivity index (χ4n) is 9.34. The van der Waals surface area contributed by atoms with Crippen LogP contribution < -0.4 is 0 Å². The van der Waals surface area contributed by atoms with E-state index in [9.17, 15) is 0 Å². The van der Waals surface area contributed by atoms with Crippen molar-refractivity contribution < 1.29 is 20.1 Å². The van der Waals surface area contributed by atoms with Crippen LogP contribution in [0.15, 0.2) is 128 Å². The molecule has 3 aromatic heterocycles. The maximum Gasteiger partial charge on any atom is 0.164 e. The summed E-state index contributed by atoms with van der Waals surface area (Å²) >= 11 is 0. The first kappa shape index (κ1) is 35.5. The molecule has 2 saturated carbocycles. The van der Waals surface area contributed by atoms with Gasteiger partial charge in [-0.15, -0.1) is 64.7 Å². The molecule has 0 atom stereocenters. The average Bonchev–Trinajstić information content (AvgIpc) is 3.28. The fraction of sp³-hybridized carbons (Fsp3) is 0.245. The summed E-state index contributed by atoms with van der Waals surface area (Å²) in [6, 6.07) is 45.6.